The number of esters is 1. The summed E-state index contributed by atoms with van der Waals surface area (Å²) >= 11 is 0. The molecule has 0 radical (unpaired) electrons. The molecule has 1 amide bonds. The Morgan fingerprint density at radius 2 is 1.93 bits per heavy atom. The summed E-state index contributed by atoms with van der Waals surface area (Å²) in [7, 11) is 0. The third-order valence-corrected chi connectivity index (χ3v) is 8.71. The molecule has 2 aromatic carbocycles. The number of alkyl halides is 1. The Morgan fingerprint density at radius 1 is 1.12 bits per heavy atom. The minimum absolute atomic E-state index is 0.0221. The molecule has 7 nitrogen and oxygen atoms in total. The number of nitrogens with zero attached hydrogens (tertiary/aromatic N) is 4. The van der Waals surface area contributed by atoms with Crippen LogP contribution in [0.1, 0.15) is 77.9 Å². The maximum Gasteiger partial charge on any atom is 0.312 e. The monoisotopic (exact) mass is 556 g/mol. The molecule has 3 atom stereocenters. The zero-order valence-corrected chi connectivity index (χ0v) is 22.9. The zero-order valence-electron chi connectivity index (χ0n) is 22.9. The predicted molar refractivity (Wildman–Crippen MR) is 147 cm³/mol. The second-order valence-corrected chi connectivity index (χ2v) is 11.3. The van der Waals surface area contributed by atoms with Crippen molar-refractivity contribution in [2.24, 2.45) is 5.92 Å². The number of rotatable bonds is 6. The Kier molecular flexibility index (Phi) is 5.96. The largest absolute Gasteiger partial charge is 0.466 e. The van der Waals surface area contributed by atoms with Crippen molar-refractivity contribution in [1.82, 2.24) is 19.5 Å². The van der Waals surface area contributed by atoms with E-state index in [4.69, 9.17) is 4.74 Å². The number of hydrogen-bond donors (Lipinski definition) is 0. The third-order valence-electron chi connectivity index (χ3n) is 8.71. The van der Waals surface area contributed by atoms with Crippen molar-refractivity contribution in [3.05, 3.63) is 88.5 Å². The molecule has 2 fully saturated rings. The van der Waals surface area contributed by atoms with Crippen LogP contribution in [0.5, 0.6) is 0 Å². The average Bonchev–Trinajstić information content (AvgIpc) is 3.89. The highest BCUT2D eigenvalue weighted by Crippen LogP contribution is 2.56. The van der Waals surface area contributed by atoms with Crippen LogP contribution in [0, 0.1) is 11.7 Å². The number of aromatic nitrogens is 3. The Balaban J connectivity index is 1.21. The summed E-state index contributed by atoms with van der Waals surface area (Å²) in [4.78, 5) is 32.3. The topological polar surface area (TPSA) is 76.8 Å². The molecule has 3 aliphatic rings. The highest BCUT2D eigenvalue weighted by Gasteiger charge is 2.62. The molecular formula is C32H30F2N4O3. The standard InChI is InChI=1S/C32H30F2N4O3/c1-3-41-31(40)24-17-32(24,34)21-10-11-23(25(33)14-21)26-16-29-35-27(15-28(20-8-9-20)38(29)36-26)30(39)37-13-12-19-6-4-5-7-22(19)18(37)2/h4-7,10-11,14-16,18,20,24H,3,8-9,12-13,17H2,1-2H3/t18?,24-,32+/m0/s1. The van der Waals surface area contributed by atoms with Gasteiger partial charge in [-0.3, -0.25) is 9.59 Å². The van der Waals surface area contributed by atoms with E-state index in [2.05, 4.69) is 22.2 Å². The van der Waals surface area contributed by atoms with Crippen LogP contribution in [0.15, 0.2) is 54.6 Å². The molecule has 2 aromatic heterocycles. The van der Waals surface area contributed by atoms with Crippen LogP contribution < -0.4 is 0 Å². The van der Waals surface area contributed by atoms with Gasteiger partial charge in [-0.05, 0) is 68.0 Å². The van der Waals surface area contributed by atoms with E-state index in [1.807, 2.05) is 30.0 Å². The molecule has 0 N–H and O–H groups in total. The number of ether oxygens (including phenoxy) is 1. The predicted octanol–water partition coefficient (Wildman–Crippen LogP) is 5.92. The van der Waals surface area contributed by atoms with E-state index in [0.29, 0.717) is 23.6 Å². The Hall–Kier alpha value is -4.14. The normalized spacial score (nSPS) is 23.4. The van der Waals surface area contributed by atoms with Gasteiger partial charge >= 0.3 is 5.97 Å². The highest BCUT2D eigenvalue weighted by atomic mass is 19.1. The van der Waals surface area contributed by atoms with E-state index >= 15 is 8.78 Å². The molecular weight excluding hydrogens is 526 g/mol. The lowest BCUT2D eigenvalue weighted by Gasteiger charge is -2.35. The number of benzene rings is 2. The Morgan fingerprint density at radius 3 is 2.68 bits per heavy atom. The van der Waals surface area contributed by atoms with Gasteiger partial charge in [0.2, 0.25) is 0 Å². The summed E-state index contributed by atoms with van der Waals surface area (Å²) in [5.74, 6) is -2.04. The number of halogens is 2. The van der Waals surface area contributed by atoms with E-state index in [1.54, 1.807) is 17.5 Å². The smallest absolute Gasteiger partial charge is 0.312 e. The maximum absolute atomic E-state index is 15.4. The summed E-state index contributed by atoms with van der Waals surface area (Å²) in [6, 6.07) is 15.7. The van der Waals surface area contributed by atoms with Crippen molar-refractivity contribution in [3.63, 3.8) is 0 Å². The molecule has 0 spiro atoms. The summed E-state index contributed by atoms with van der Waals surface area (Å²) in [5, 5.41) is 4.66. The van der Waals surface area contributed by atoms with Crippen LogP contribution in [-0.2, 0) is 21.6 Å². The first-order valence-corrected chi connectivity index (χ1v) is 14.2. The van der Waals surface area contributed by atoms with Crippen molar-refractivity contribution >= 4 is 17.5 Å². The minimum atomic E-state index is -1.92. The molecule has 3 heterocycles. The van der Waals surface area contributed by atoms with Crippen molar-refractivity contribution in [2.75, 3.05) is 13.2 Å². The fourth-order valence-corrected chi connectivity index (χ4v) is 6.16. The van der Waals surface area contributed by atoms with Crippen molar-refractivity contribution in [1.29, 1.82) is 0 Å². The zero-order chi connectivity index (χ0) is 28.5. The van der Waals surface area contributed by atoms with Gasteiger partial charge in [-0.15, -0.1) is 0 Å². The van der Waals surface area contributed by atoms with Crippen LogP contribution in [-0.4, -0.2) is 44.5 Å². The fraction of sp³-hybridized carbons (Fsp3) is 0.375. The molecule has 7 rings (SSSR count). The van der Waals surface area contributed by atoms with E-state index in [9.17, 15) is 9.59 Å². The van der Waals surface area contributed by atoms with Gasteiger partial charge in [0.25, 0.3) is 5.91 Å². The summed E-state index contributed by atoms with van der Waals surface area (Å²) in [6.07, 6.45) is 2.74. The number of hydrogen-bond acceptors (Lipinski definition) is 5. The van der Waals surface area contributed by atoms with Gasteiger partial charge in [0, 0.05) is 36.2 Å². The molecule has 4 aromatic rings. The van der Waals surface area contributed by atoms with Crippen LogP contribution in [0.3, 0.4) is 0 Å². The van der Waals surface area contributed by atoms with Crippen LogP contribution in [0.25, 0.3) is 16.9 Å². The number of carbonyl (C=O) groups is 2. The molecule has 1 unspecified atom stereocenters. The summed E-state index contributed by atoms with van der Waals surface area (Å²) in [6.45, 7) is 4.48. The van der Waals surface area contributed by atoms with E-state index in [-0.39, 0.29) is 42.0 Å². The van der Waals surface area contributed by atoms with Crippen LogP contribution >= 0.6 is 0 Å². The maximum atomic E-state index is 15.4. The first-order valence-electron chi connectivity index (χ1n) is 14.2. The molecule has 0 saturated heterocycles. The lowest BCUT2D eigenvalue weighted by atomic mass is 9.93. The highest BCUT2D eigenvalue weighted by molar-refractivity contribution is 5.93. The Labute approximate surface area is 236 Å². The molecule has 210 valence electrons. The quantitative estimate of drug-likeness (QED) is 0.276. The first kappa shape index (κ1) is 25.8. The fourth-order valence-electron chi connectivity index (χ4n) is 6.16. The second kappa shape index (κ2) is 9.46. The van der Waals surface area contributed by atoms with Gasteiger partial charge in [-0.2, -0.15) is 5.10 Å². The third kappa shape index (κ3) is 4.29. The number of carbonyl (C=O) groups excluding carboxylic acids is 2. The van der Waals surface area contributed by atoms with Gasteiger partial charge in [0.15, 0.2) is 5.65 Å². The van der Waals surface area contributed by atoms with Gasteiger partial charge in [-0.25, -0.2) is 18.3 Å². The van der Waals surface area contributed by atoms with E-state index in [1.165, 1.54) is 17.7 Å². The van der Waals surface area contributed by atoms with Gasteiger partial charge < -0.3 is 9.64 Å². The first-order chi connectivity index (χ1) is 19.8. The average molecular weight is 557 g/mol. The van der Waals surface area contributed by atoms with Crippen molar-refractivity contribution in [3.8, 4) is 11.3 Å². The Bertz CT molecular complexity index is 1710. The van der Waals surface area contributed by atoms with Gasteiger partial charge in [0.1, 0.15) is 17.2 Å². The molecule has 41 heavy (non-hydrogen) atoms. The van der Waals surface area contributed by atoms with Crippen molar-refractivity contribution in [2.45, 2.75) is 57.2 Å². The van der Waals surface area contributed by atoms with Gasteiger partial charge in [0.05, 0.1) is 24.3 Å². The van der Waals surface area contributed by atoms with Crippen LogP contribution in [0.2, 0.25) is 0 Å². The molecule has 9 heteroatoms. The van der Waals surface area contributed by atoms with Gasteiger partial charge in [-0.1, -0.05) is 30.3 Å². The van der Waals surface area contributed by atoms with Crippen molar-refractivity contribution < 1.29 is 23.1 Å². The van der Waals surface area contributed by atoms with Crippen LogP contribution in [0.4, 0.5) is 8.78 Å². The minimum Gasteiger partial charge on any atom is -0.466 e. The lowest BCUT2D eigenvalue weighted by molar-refractivity contribution is -0.145. The summed E-state index contributed by atoms with van der Waals surface area (Å²) < 4.78 is 37.4. The van der Waals surface area contributed by atoms with E-state index < -0.39 is 23.4 Å². The molecule has 2 saturated carbocycles. The SMILES string of the molecule is CCOC(=O)[C@@H]1C[C@@]1(F)c1ccc(-c2cc3nc(C(=O)N4CCc5ccccc5C4C)cc(C4CC4)n3n2)c(F)c1. The molecule has 1 aliphatic heterocycles. The number of fused-ring (bicyclic) bond motifs is 2. The van der Waals surface area contributed by atoms with E-state index in [0.717, 1.165) is 36.6 Å². The summed E-state index contributed by atoms with van der Waals surface area (Å²) in [5.41, 5.74) is 2.84. The number of amides is 1. The lowest BCUT2D eigenvalue weighted by Crippen LogP contribution is -2.39. The molecule has 2 aliphatic carbocycles. The molecule has 0 bridgehead atoms. The second-order valence-electron chi connectivity index (χ2n) is 11.3.